The lowest BCUT2D eigenvalue weighted by atomic mass is 9.51. The number of aromatic nitrogens is 1. The topological polar surface area (TPSA) is 43.4 Å². The van der Waals surface area contributed by atoms with Gasteiger partial charge in [-0.25, -0.2) is 4.98 Å². The van der Waals surface area contributed by atoms with Crippen molar-refractivity contribution in [3.8, 4) is 5.88 Å². The van der Waals surface area contributed by atoms with Crippen LogP contribution in [0.4, 0.5) is 5.69 Å². The van der Waals surface area contributed by atoms with E-state index >= 15 is 0 Å². The maximum Gasteiger partial charge on any atom is 0.237 e. The van der Waals surface area contributed by atoms with Crippen LogP contribution in [0, 0.1) is 5.41 Å². The summed E-state index contributed by atoms with van der Waals surface area (Å²) in [7, 11) is 0. The number of ether oxygens (including phenoxy) is 2. The zero-order valence-corrected chi connectivity index (χ0v) is 12.4. The average molecular weight is 276 g/mol. The molecule has 0 radical (unpaired) electrons. The van der Waals surface area contributed by atoms with E-state index in [-0.39, 0.29) is 0 Å². The molecule has 1 aromatic heterocycles. The van der Waals surface area contributed by atoms with E-state index in [1.807, 2.05) is 13.0 Å². The molecule has 4 nitrogen and oxygen atoms in total. The van der Waals surface area contributed by atoms with E-state index in [0.29, 0.717) is 30.0 Å². The van der Waals surface area contributed by atoms with Crippen molar-refractivity contribution in [1.29, 1.82) is 0 Å². The van der Waals surface area contributed by atoms with Gasteiger partial charge in [-0.1, -0.05) is 6.42 Å². The Morgan fingerprint density at radius 2 is 2.20 bits per heavy atom. The Hall–Kier alpha value is -1.29. The molecule has 2 saturated carbocycles. The lowest BCUT2D eigenvalue weighted by Crippen LogP contribution is -2.64. The van der Waals surface area contributed by atoms with Gasteiger partial charge in [0, 0.05) is 24.3 Å². The molecule has 2 unspecified atom stereocenters. The lowest BCUT2D eigenvalue weighted by molar-refractivity contribution is -0.157. The van der Waals surface area contributed by atoms with E-state index in [0.717, 1.165) is 18.7 Å². The second-order valence-electron chi connectivity index (χ2n) is 5.75. The zero-order valence-electron chi connectivity index (χ0n) is 12.4. The molecule has 0 aromatic carbocycles. The minimum Gasteiger partial charge on any atom is -0.476 e. The van der Waals surface area contributed by atoms with Crippen molar-refractivity contribution in [1.82, 2.24) is 4.98 Å². The summed E-state index contributed by atoms with van der Waals surface area (Å²) >= 11 is 0. The van der Waals surface area contributed by atoms with Gasteiger partial charge >= 0.3 is 0 Å². The van der Waals surface area contributed by atoms with Crippen molar-refractivity contribution in [2.75, 3.05) is 18.5 Å². The number of hydrogen-bond acceptors (Lipinski definition) is 4. The lowest BCUT2D eigenvalue weighted by Gasteiger charge is -2.61. The van der Waals surface area contributed by atoms with Gasteiger partial charge in [-0.3, -0.25) is 0 Å². The Bertz CT molecular complexity index is 460. The number of nitrogens with zero attached hydrogens (tertiary/aromatic N) is 1. The van der Waals surface area contributed by atoms with Gasteiger partial charge in [0.05, 0.1) is 18.4 Å². The van der Waals surface area contributed by atoms with Crippen molar-refractivity contribution < 1.29 is 9.47 Å². The summed E-state index contributed by atoms with van der Waals surface area (Å²) in [5, 5.41) is 3.65. The van der Waals surface area contributed by atoms with Crippen LogP contribution in [0.1, 0.15) is 39.5 Å². The standard InChI is InChI=1S/C16H24N2O2/c1-3-19-14-11-13(16(14)8-6-9-16)18-12-7-5-10-17-15(12)20-4-2/h5,7,10,13-14,18H,3-4,6,8-9,11H2,1-2H3. The molecule has 3 rings (SSSR count). The third-order valence-corrected chi connectivity index (χ3v) is 4.82. The fourth-order valence-corrected chi connectivity index (χ4v) is 3.58. The largest absolute Gasteiger partial charge is 0.476 e. The van der Waals surface area contributed by atoms with Gasteiger partial charge in [-0.05, 0) is 45.2 Å². The molecule has 0 saturated heterocycles. The molecule has 0 amide bonds. The molecule has 0 aliphatic heterocycles. The summed E-state index contributed by atoms with van der Waals surface area (Å²) in [4.78, 5) is 4.31. The molecule has 0 bridgehead atoms. The summed E-state index contributed by atoms with van der Waals surface area (Å²) in [6.07, 6.45) is 7.19. The van der Waals surface area contributed by atoms with E-state index < -0.39 is 0 Å². The fourth-order valence-electron chi connectivity index (χ4n) is 3.58. The fraction of sp³-hybridized carbons (Fsp3) is 0.688. The highest BCUT2D eigenvalue weighted by atomic mass is 16.5. The van der Waals surface area contributed by atoms with Gasteiger partial charge in [-0.15, -0.1) is 0 Å². The van der Waals surface area contributed by atoms with Gasteiger partial charge < -0.3 is 14.8 Å². The quantitative estimate of drug-likeness (QED) is 0.866. The first-order chi connectivity index (χ1) is 9.80. The van der Waals surface area contributed by atoms with Gasteiger partial charge in [0.2, 0.25) is 5.88 Å². The van der Waals surface area contributed by atoms with Crippen LogP contribution >= 0.6 is 0 Å². The number of hydrogen-bond donors (Lipinski definition) is 1. The van der Waals surface area contributed by atoms with Gasteiger partial charge in [-0.2, -0.15) is 0 Å². The first kappa shape index (κ1) is 13.7. The minimum absolute atomic E-state index is 0.356. The van der Waals surface area contributed by atoms with Crippen LogP contribution in [0.5, 0.6) is 5.88 Å². The molecule has 2 fully saturated rings. The third-order valence-electron chi connectivity index (χ3n) is 4.82. The number of nitrogens with one attached hydrogen (secondary N) is 1. The number of pyridine rings is 1. The van der Waals surface area contributed by atoms with Crippen LogP contribution < -0.4 is 10.1 Å². The smallest absolute Gasteiger partial charge is 0.237 e. The molecular formula is C16H24N2O2. The van der Waals surface area contributed by atoms with Crippen molar-refractivity contribution in [2.45, 2.75) is 51.7 Å². The van der Waals surface area contributed by atoms with Crippen molar-refractivity contribution in [3.05, 3.63) is 18.3 Å². The molecule has 110 valence electrons. The second kappa shape index (κ2) is 5.60. The second-order valence-corrected chi connectivity index (χ2v) is 5.75. The summed E-state index contributed by atoms with van der Waals surface area (Å²) in [6, 6.07) is 4.51. The molecule has 20 heavy (non-hydrogen) atoms. The van der Waals surface area contributed by atoms with E-state index in [1.165, 1.54) is 19.3 Å². The third kappa shape index (κ3) is 2.16. The maximum absolute atomic E-state index is 5.89. The Balaban J connectivity index is 1.70. The first-order valence-corrected chi connectivity index (χ1v) is 7.76. The first-order valence-electron chi connectivity index (χ1n) is 7.76. The predicted octanol–water partition coefficient (Wildman–Crippen LogP) is 3.24. The van der Waals surface area contributed by atoms with Gasteiger partial charge in [0.25, 0.3) is 0 Å². The molecule has 4 heteroatoms. The van der Waals surface area contributed by atoms with Crippen molar-refractivity contribution in [3.63, 3.8) is 0 Å². The van der Waals surface area contributed by atoms with Crippen LogP contribution in [0.3, 0.4) is 0 Å². The Morgan fingerprint density at radius 3 is 2.85 bits per heavy atom. The van der Waals surface area contributed by atoms with Gasteiger partial charge in [0.15, 0.2) is 0 Å². The Morgan fingerprint density at radius 1 is 1.35 bits per heavy atom. The average Bonchev–Trinajstić information content (AvgIpc) is 2.38. The molecule has 1 heterocycles. The Labute approximate surface area is 120 Å². The summed E-state index contributed by atoms with van der Waals surface area (Å²) in [5.41, 5.74) is 1.37. The van der Waals surface area contributed by atoms with Crippen molar-refractivity contribution >= 4 is 5.69 Å². The van der Waals surface area contributed by atoms with Gasteiger partial charge in [0.1, 0.15) is 0 Å². The molecular weight excluding hydrogens is 252 g/mol. The summed E-state index contributed by atoms with van der Waals surface area (Å²) < 4.78 is 11.5. The number of anilines is 1. The molecule has 1 aromatic rings. The highest BCUT2D eigenvalue weighted by molar-refractivity contribution is 5.54. The maximum atomic E-state index is 5.89. The van der Waals surface area contributed by atoms with Crippen LogP contribution in [0.15, 0.2) is 18.3 Å². The van der Waals surface area contributed by atoms with Crippen LogP contribution in [0.25, 0.3) is 0 Å². The highest BCUT2D eigenvalue weighted by Gasteiger charge is 2.59. The SMILES string of the molecule is CCOc1ncccc1NC1CC(OCC)C12CCC2. The molecule has 2 aliphatic rings. The van der Waals surface area contributed by atoms with E-state index in [4.69, 9.17) is 9.47 Å². The van der Waals surface area contributed by atoms with E-state index in [2.05, 4.69) is 23.3 Å². The summed E-state index contributed by atoms with van der Waals surface area (Å²) in [6.45, 7) is 5.53. The molecule has 2 aliphatic carbocycles. The zero-order chi connectivity index (χ0) is 14.0. The number of rotatable bonds is 6. The van der Waals surface area contributed by atoms with Crippen LogP contribution in [-0.4, -0.2) is 30.3 Å². The molecule has 2 atom stereocenters. The van der Waals surface area contributed by atoms with Crippen molar-refractivity contribution in [2.24, 2.45) is 5.41 Å². The molecule has 1 N–H and O–H groups in total. The normalized spacial score (nSPS) is 26.7. The Kier molecular flexibility index (Phi) is 3.83. The summed E-state index contributed by atoms with van der Waals surface area (Å²) in [5.74, 6) is 0.712. The van der Waals surface area contributed by atoms with Crippen LogP contribution in [-0.2, 0) is 4.74 Å². The minimum atomic E-state index is 0.356. The molecule has 1 spiro atoms. The predicted molar refractivity (Wildman–Crippen MR) is 79.1 cm³/mol. The highest BCUT2D eigenvalue weighted by Crippen LogP contribution is 2.58. The van der Waals surface area contributed by atoms with E-state index in [1.54, 1.807) is 6.20 Å². The van der Waals surface area contributed by atoms with E-state index in [9.17, 15) is 0 Å². The van der Waals surface area contributed by atoms with Crippen LogP contribution in [0.2, 0.25) is 0 Å². The monoisotopic (exact) mass is 276 g/mol.